The summed E-state index contributed by atoms with van der Waals surface area (Å²) in [5, 5.41) is 0. The van der Waals surface area contributed by atoms with Gasteiger partial charge in [0.2, 0.25) is 5.79 Å². The molecule has 6 heteroatoms. The zero-order chi connectivity index (χ0) is 24.0. The van der Waals surface area contributed by atoms with Gasteiger partial charge < -0.3 is 14.2 Å². The number of fused-ring (bicyclic) bond motifs is 5. The van der Waals surface area contributed by atoms with Gasteiger partial charge in [0.15, 0.2) is 6.61 Å². The van der Waals surface area contributed by atoms with E-state index in [-0.39, 0.29) is 24.5 Å². The van der Waals surface area contributed by atoms with Crippen molar-refractivity contribution in [1.82, 2.24) is 0 Å². The minimum Gasteiger partial charge on any atom is -0.459 e. The molecule has 0 radical (unpaired) electrons. The summed E-state index contributed by atoms with van der Waals surface area (Å²) in [4.78, 5) is 23.4. The lowest BCUT2D eigenvalue weighted by Crippen LogP contribution is -2.53. The van der Waals surface area contributed by atoms with Gasteiger partial charge in [0, 0.05) is 20.3 Å². The molecule has 0 aliphatic heterocycles. The van der Waals surface area contributed by atoms with E-state index in [1.807, 2.05) is 6.08 Å². The Morgan fingerprint density at radius 3 is 2.61 bits per heavy atom. The standard InChI is InChI=1S/C27H41FO5/c1-6-24(30)33-27(5,16-31-17(2)29)32-18-9-13-26(4)21-10-12-25(3)11-7-8-20(25)19(21)15-23(28)22(26)14-18/h14,18-21,23H,6-13,15-16H2,1-5H3/t18?,19-,20-,21-,23-,25-,26+,27?/m0/s1. The number of rotatable bonds is 6. The van der Waals surface area contributed by atoms with Crippen molar-refractivity contribution in [2.24, 2.45) is 28.6 Å². The van der Waals surface area contributed by atoms with Gasteiger partial charge in [-0.25, -0.2) is 4.39 Å². The molecule has 33 heavy (non-hydrogen) atoms. The molecule has 0 aromatic rings. The number of esters is 2. The second kappa shape index (κ2) is 8.98. The molecule has 0 aromatic carbocycles. The fraction of sp³-hybridized carbons (Fsp3) is 0.852. The average Bonchev–Trinajstić information content (AvgIpc) is 3.15. The Kier molecular flexibility index (Phi) is 6.71. The predicted molar refractivity (Wildman–Crippen MR) is 123 cm³/mol. The van der Waals surface area contributed by atoms with Crippen molar-refractivity contribution >= 4 is 11.9 Å². The molecule has 4 aliphatic rings. The third-order valence-corrected chi connectivity index (χ3v) is 9.38. The van der Waals surface area contributed by atoms with Gasteiger partial charge in [0.1, 0.15) is 6.17 Å². The highest BCUT2D eigenvalue weighted by atomic mass is 19.1. The maximum absolute atomic E-state index is 15.8. The molecule has 0 bridgehead atoms. The summed E-state index contributed by atoms with van der Waals surface area (Å²) in [6.45, 7) is 9.14. The van der Waals surface area contributed by atoms with Crippen molar-refractivity contribution in [3.63, 3.8) is 0 Å². The Morgan fingerprint density at radius 1 is 1.15 bits per heavy atom. The molecular formula is C27H41FO5. The highest BCUT2D eigenvalue weighted by Crippen LogP contribution is 2.65. The lowest BCUT2D eigenvalue weighted by molar-refractivity contribution is -0.254. The van der Waals surface area contributed by atoms with E-state index in [9.17, 15) is 9.59 Å². The molecular weight excluding hydrogens is 423 g/mol. The van der Waals surface area contributed by atoms with E-state index in [0.717, 1.165) is 18.4 Å². The number of alkyl halides is 1. The van der Waals surface area contributed by atoms with Crippen LogP contribution in [0.15, 0.2) is 11.6 Å². The number of halogens is 1. The average molecular weight is 465 g/mol. The Labute approximate surface area is 197 Å². The topological polar surface area (TPSA) is 61.8 Å². The highest BCUT2D eigenvalue weighted by molar-refractivity contribution is 5.69. The Balaban J connectivity index is 1.54. The van der Waals surface area contributed by atoms with Gasteiger partial charge in [0.25, 0.3) is 0 Å². The lowest BCUT2D eigenvalue weighted by atomic mass is 9.47. The summed E-state index contributed by atoms with van der Waals surface area (Å²) in [6, 6.07) is 0. The summed E-state index contributed by atoms with van der Waals surface area (Å²) in [6.07, 6.45) is 9.30. The van der Waals surface area contributed by atoms with Crippen LogP contribution in [0, 0.1) is 28.6 Å². The van der Waals surface area contributed by atoms with Crippen LogP contribution in [0.1, 0.15) is 92.4 Å². The Bertz CT molecular complexity index is 810. The Hall–Kier alpha value is -1.43. The fourth-order valence-corrected chi connectivity index (χ4v) is 7.73. The second-order valence-corrected chi connectivity index (χ2v) is 11.6. The number of carbonyl (C=O) groups is 2. The second-order valence-electron chi connectivity index (χ2n) is 11.6. The Morgan fingerprint density at radius 2 is 1.91 bits per heavy atom. The van der Waals surface area contributed by atoms with Crippen molar-refractivity contribution in [3.8, 4) is 0 Å². The van der Waals surface area contributed by atoms with Crippen LogP contribution in [-0.2, 0) is 23.8 Å². The molecule has 0 heterocycles. The van der Waals surface area contributed by atoms with Crippen molar-refractivity contribution in [1.29, 1.82) is 0 Å². The first kappa shape index (κ1) is 24.7. The number of hydrogen-bond acceptors (Lipinski definition) is 5. The number of carbonyl (C=O) groups excluding carboxylic acids is 2. The SMILES string of the molecule is CCC(=O)OC(C)(COC(C)=O)OC1C=C2[C@@H](F)C[C@H]3[C@@H]4CCC[C@@]4(C)CC[C@@H]3[C@@]2(C)CC1. The highest BCUT2D eigenvalue weighted by Gasteiger charge is 2.58. The largest absolute Gasteiger partial charge is 0.459 e. The molecule has 0 aromatic heterocycles. The molecule has 8 atom stereocenters. The van der Waals surface area contributed by atoms with E-state index in [1.165, 1.54) is 39.0 Å². The van der Waals surface area contributed by atoms with Crippen molar-refractivity contribution in [2.75, 3.05) is 6.61 Å². The van der Waals surface area contributed by atoms with E-state index in [2.05, 4.69) is 13.8 Å². The molecule has 3 fully saturated rings. The van der Waals surface area contributed by atoms with Gasteiger partial charge >= 0.3 is 11.9 Å². The molecule has 0 amide bonds. The van der Waals surface area contributed by atoms with Gasteiger partial charge in [-0.3, -0.25) is 9.59 Å². The minimum atomic E-state index is -1.40. The van der Waals surface area contributed by atoms with Crippen LogP contribution in [-0.4, -0.2) is 36.6 Å². The summed E-state index contributed by atoms with van der Waals surface area (Å²) >= 11 is 0. The molecule has 0 N–H and O–H groups in total. The normalized spacial score (nSPS) is 41.6. The van der Waals surface area contributed by atoms with Crippen molar-refractivity contribution in [3.05, 3.63) is 11.6 Å². The van der Waals surface area contributed by atoms with Crippen LogP contribution >= 0.6 is 0 Å². The number of allylic oxidation sites excluding steroid dienone is 1. The summed E-state index contributed by atoms with van der Waals surface area (Å²) in [5.41, 5.74) is 1.14. The minimum absolute atomic E-state index is 0.140. The van der Waals surface area contributed by atoms with E-state index < -0.39 is 23.9 Å². The molecule has 186 valence electrons. The zero-order valence-corrected chi connectivity index (χ0v) is 21.0. The van der Waals surface area contributed by atoms with Crippen LogP contribution < -0.4 is 0 Å². The van der Waals surface area contributed by atoms with Gasteiger partial charge in [-0.15, -0.1) is 0 Å². The molecule has 2 unspecified atom stereocenters. The smallest absolute Gasteiger partial charge is 0.308 e. The quantitative estimate of drug-likeness (QED) is 0.278. The van der Waals surface area contributed by atoms with Crippen LogP contribution in [0.25, 0.3) is 0 Å². The summed E-state index contributed by atoms with van der Waals surface area (Å²) in [7, 11) is 0. The monoisotopic (exact) mass is 464 g/mol. The van der Waals surface area contributed by atoms with Gasteiger partial charge in [-0.05, 0) is 79.1 Å². The molecule has 0 saturated heterocycles. The first-order valence-electron chi connectivity index (χ1n) is 12.9. The maximum Gasteiger partial charge on any atom is 0.308 e. The van der Waals surface area contributed by atoms with E-state index in [0.29, 0.717) is 29.6 Å². The van der Waals surface area contributed by atoms with E-state index in [4.69, 9.17) is 14.2 Å². The molecule has 4 aliphatic carbocycles. The molecule has 0 spiro atoms. The van der Waals surface area contributed by atoms with Crippen molar-refractivity contribution < 1.29 is 28.2 Å². The van der Waals surface area contributed by atoms with Crippen LogP contribution in [0.2, 0.25) is 0 Å². The fourth-order valence-electron chi connectivity index (χ4n) is 7.73. The molecule has 4 rings (SSSR count). The number of hydrogen-bond donors (Lipinski definition) is 0. The lowest BCUT2D eigenvalue weighted by Gasteiger charge is -2.58. The van der Waals surface area contributed by atoms with Crippen LogP contribution in [0.3, 0.4) is 0 Å². The van der Waals surface area contributed by atoms with Crippen LogP contribution in [0.5, 0.6) is 0 Å². The van der Waals surface area contributed by atoms with Gasteiger partial charge in [0.05, 0.1) is 6.10 Å². The number of ether oxygens (including phenoxy) is 3. The third-order valence-electron chi connectivity index (χ3n) is 9.38. The van der Waals surface area contributed by atoms with Crippen molar-refractivity contribution in [2.45, 2.75) is 110 Å². The van der Waals surface area contributed by atoms with E-state index >= 15 is 4.39 Å². The predicted octanol–water partition coefficient (Wildman–Crippen LogP) is 5.91. The molecule has 5 nitrogen and oxygen atoms in total. The molecule has 3 saturated carbocycles. The third kappa shape index (κ3) is 4.61. The summed E-state index contributed by atoms with van der Waals surface area (Å²) in [5.74, 6) is -0.636. The van der Waals surface area contributed by atoms with Gasteiger partial charge in [-0.2, -0.15) is 0 Å². The van der Waals surface area contributed by atoms with E-state index in [1.54, 1.807) is 13.8 Å². The first-order chi connectivity index (χ1) is 15.5. The van der Waals surface area contributed by atoms with Crippen LogP contribution in [0.4, 0.5) is 4.39 Å². The van der Waals surface area contributed by atoms with Gasteiger partial charge in [-0.1, -0.05) is 33.3 Å². The first-order valence-corrected chi connectivity index (χ1v) is 12.9. The zero-order valence-electron chi connectivity index (χ0n) is 21.0. The maximum atomic E-state index is 15.8. The summed E-state index contributed by atoms with van der Waals surface area (Å²) < 4.78 is 32.6.